The first-order chi connectivity index (χ1) is 14.1. The van der Waals surface area contributed by atoms with Gasteiger partial charge in [0.1, 0.15) is 5.82 Å². The second-order valence-electron chi connectivity index (χ2n) is 7.62. The summed E-state index contributed by atoms with van der Waals surface area (Å²) in [7, 11) is 0. The van der Waals surface area contributed by atoms with Crippen molar-refractivity contribution < 1.29 is 14.3 Å². The summed E-state index contributed by atoms with van der Waals surface area (Å²) in [5.41, 5.74) is 4.16. The number of aliphatic carboxylic acids is 1. The van der Waals surface area contributed by atoms with Crippen molar-refractivity contribution in [3.63, 3.8) is 0 Å². The van der Waals surface area contributed by atoms with Gasteiger partial charge in [-0.1, -0.05) is 66.7 Å². The van der Waals surface area contributed by atoms with Gasteiger partial charge in [-0.3, -0.25) is 9.69 Å². The first-order valence-electron chi connectivity index (χ1n) is 9.99. The van der Waals surface area contributed by atoms with E-state index in [2.05, 4.69) is 41.3 Å². The minimum Gasteiger partial charge on any atom is -0.481 e. The number of hydrogen-bond acceptors (Lipinski definition) is 2. The van der Waals surface area contributed by atoms with Gasteiger partial charge in [0.15, 0.2) is 0 Å². The van der Waals surface area contributed by atoms with Crippen LogP contribution in [0.4, 0.5) is 4.39 Å². The Morgan fingerprint density at radius 2 is 1.66 bits per heavy atom. The van der Waals surface area contributed by atoms with Gasteiger partial charge in [0.25, 0.3) is 0 Å². The van der Waals surface area contributed by atoms with Crippen molar-refractivity contribution in [1.29, 1.82) is 0 Å². The predicted octanol–water partition coefficient (Wildman–Crippen LogP) is 5.38. The van der Waals surface area contributed by atoms with Gasteiger partial charge in [-0.2, -0.15) is 0 Å². The van der Waals surface area contributed by atoms with Crippen molar-refractivity contribution in [2.75, 3.05) is 13.1 Å². The van der Waals surface area contributed by atoms with E-state index in [4.69, 9.17) is 0 Å². The molecular formula is C25H24FNO2. The zero-order chi connectivity index (χ0) is 20.2. The molecule has 0 radical (unpaired) electrons. The van der Waals surface area contributed by atoms with E-state index in [9.17, 15) is 14.3 Å². The second kappa shape index (κ2) is 8.58. The highest BCUT2D eigenvalue weighted by atomic mass is 19.1. The first-order valence-corrected chi connectivity index (χ1v) is 9.99. The van der Waals surface area contributed by atoms with Crippen molar-refractivity contribution in [2.24, 2.45) is 5.92 Å². The van der Waals surface area contributed by atoms with Crippen LogP contribution in [0.3, 0.4) is 0 Å². The minimum absolute atomic E-state index is 0.169. The van der Waals surface area contributed by atoms with Gasteiger partial charge in [0.05, 0.1) is 12.0 Å². The maximum atomic E-state index is 14.0. The highest BCUT2D eigenvalue weighted by Gasteiger charge is 2.31. The minimum atomic E-state index is -0.757. The molecule has 2 unspecified atom stereocenters. The summed E-state index contributed by atoms with van der Waals surface area (Å²) in [4.78, 5) is 13.7. The zero-order valence-corrected chi connectivity index (χ0v) is 16.2. The molecule has 1 aliphatic heterocycles. The molecule has 1 heterocycles. The molecule has 1 saturated heterocycles. The highest BCUT2D eigenvalue weighted by molar-refractivity contribution is 5.70. The number of carbonyl (C=O) groups is 1. The lowest BCUT2D eigenvalue weighted by molar-refractivity contribution is -0.143. The van der Waals surface area contributed by atoms with Crippen LogP contribution in [0.5, 0.6) is 0 Å². The van der Waals surface area contributed by atoms with Crippen molar-refractivity contribution in [2.45, 2.75) is 18.9 Å². The molecule has 3 nitrogen and oxygen atoms in total. The third kappa shape index (κ3) is 4.38. The van der Waals surface area contributed by atoms with E-state index in [1.807, 2.05) is 24.3 Å². The largest absolute Gasteiger partial charge is 0.481 e. The molecule has 1 fully saturated rings. The van der Waals surface area contributed by atoms with E-state index in [-0.39, 0.29) is 17.8 Å². The van der Waals surface area contributed by atoms with Gasteiger partial charge < -0.3 is 5.11 Å². The average molecular weight is 389 g/mol. The summed E-state index contributed by atoms with van der Waals surface area (Å²) in [6.45, 7) is 1.27. The summed E-state index contributed by atoms with van der Waals surface area (Å²) in [6.07, 6.45) is 1.51. The Hall–Kier alpha value is -2.98. The molecule has 4 heteroatoms. The van der Waals surface area contributed by atoms with E-state index >= 15 is 0 Å². The van der Waals surface area contributed by atoms with Crippen LogP contribution in [-0.2, 0) is 4.79 Å². The summed E-state index contributed by atoms with van der Waals surface area (Å²) in [6, 6.07) is 24.9. The molecule has 0 spiro atoms. The zero-order valence-electron chi connectivity index (χ0n) is 16.2. The number of likely N-dealkylation sites (tertiary alicyclic amines) is 1. The van der Waals surface area contributed by atoms with Crippen LogP contribution in [0.1, 0.15) is 30.0 Å². The maximum absolute atomic E-state index is 14.0. The smallest absolute Gasteiger partial charge is 0.307 e. The molecule has 4 rings (SSSR count). The molecule has 0 amide bonds. The molecule has 3 aromatic rings. The lowest BCUT2D eigenvalue weighted by Gasteiger charge is -2.37. The molecular weight excluding hydrogens is 365 g/mol. The van der Waals surface area contributed by atoms with Gasteiger partial charge in [-0.15, -0.1) is 0 Å². The van der Waals surface area contributed by atoms with E-state index in [0.717, 1.165) is 35.2 Å². The van der Waals surface area contributed by atoms with Crippen molar-refractivity contribution in [3.05, 3.63) is 95.8 Å². The molecule has 0 aromatic heterocycles. The van der Waals surface area contributed by atoms with Crippen molar-refractivity contribution in [1.82, 2.24) is 4.90 Å². The molecule has 3 aromatic carbocycles. The fourth-order valence-electron chi connectivity index (χ4n) is 4.22. The molecule has 0 aliphatic carbocycles. The quantitative estimate of drug-likeness (QED) is 0.637. The fraction of sp³-hybridized carbons (Fsp3) is 0.240. The number of hydrogen-bond donors (Lipinski definition) is 1. The van der Waals surface area contributed by atoms with E-state index in [1.54, 1.807) is 12.1 Å². The van der Waals surface area contributed by atoms with Crippen LogP contribution in [0, 0.1) is 11.7 Å². The van der Waals surface area contributed by atoms with Crippen molar-refractivity contribution >= 4 is 5.97 Å². The number of carboxylic acid groups (broad SMARTS) is 1. The molecule has 0 saturated carbocycles. The second-order valence-corrected chi connectivity index (χ2v) is 7.62. The standard InChI is InChI=1S/C25H24FNO2/c26-23-10-4-8-21(16-23)24(27-15-5-9-22(17-27)25(28)29)20-13-11-19(12-14-20)18-6-2-1-3-7-18/h1-4,6-8,10-14,16,22,24H,5,9,15,17H2,(H,28,29). The van der Waals surface area contributed by atoms with Crippen LogP contribution in [0.2, 0.25) is 0 Å². The van der Waals surface area contributed by atoms with E-state index < -0.39 is 5.97 Å². The van der Waals surface area contributed by atoms with E-state index in [1.165, 1.54) is 6.07 Å². The number of carboxylic acids is 1. The Kier molecular flexibility index (Phi) is 5.72. The lowest BCUT2D eigenvalue weighted by atomic mass is 9.90. The molecule has 2 atom stereocenters. The number of nitrogens with zero attached hydrogens (tertiary/aromatic N) is 1. The average Bonchev–Trinajstić information content (AvgIpc) is 2.75. The van der Waals surface area contributed by atoms with Crippen molar-refractivity contribution in [3.8, 4) is 11.1 Å². The Morgan fingerprint density at radius 1 is 0.931 bits per heavy atom. The van der Waals surface area contributed by atoms with Crippen LogP contribution in [0.25, 0.3) is 11.1 Å². The third-order valence-electron chi connectivity index (χ3n) is 5.67. The van der Waals surface area contributed by atoms with Gasteiger partial charge in [0, 0.05) is 6.54 Å². The number of benzene rings is 3. The summed E-state index contributed by atoms with van der Waals surface area (Å²) in [5.74, 6) is -1.42. The fourth-order valence-corrected chi connectivity index (χ4v) is 4.22. The van der Waals surface area contributed by atoms with Gasteiger partial charge >= 0.3 is 5.97 Å². The third-order valence-corrected chi connectivity index (χ3v) is 5.67. The van der Waals surface area contributed by atoms with Crippen LogP contribution in [-0.4, -0.2) is 29.1 Å². The Bertz CT molecular complexity index is 972. The number of halogens is 1. The van der Waals surface area contributed by atoms with Gasteiger partial charge in [0.2, 0.25) is 0 Å². The predicted molar refractivity (Wildman–Crippen MR) is 112 cm³/mol. The van der Waals surface area contributed by atoms with Gasteiger partial charge in [-0.05, 0) is 53.8 Å². The normalized spacial score (nSPS) is 18.3. The summed E-state index contributed by atoms with van der Waals surface area (Å²) >= 11 is 0. The van der Waals surface area contributed by atoms with Crippen LogP contribution in [0.15, 0.2) is 78.9 Å². The Balaban J connectivity index is 1.69. The number of rotatable bonds is 5. The topological polar surface area (TPSA) is 40.5 Å². The monoisotopic (exact) mass is 389 g/mol. The Labute approximate surface area is 170 Å². The summed E-state index contributed by atoms with van der Waals surface area (Å²) < 4.78 is 14.0. The molecule has 29 heavy (non-hydrogen) atoms. The lowest BCUT2D eigenvalue weighted by Crippen LogP contribution is -2.41. The first kappa shape index (κ1) is 19.3. The Morgan fingerprint density at radius 3 is 2.34 bits per heavy atom. The molecule has 1 N–H and O–H groups in total. The van der Waals surface area contributed by atoms with E-state index in [0.29, 0.717) is 13.0 Å². The van der Waals surface area contributed by atoms with Crippen LogP contribution >= 0.6 is 0 Å². The van der Waals surface area contributed by atoms with Gasteiger partial charge in [-0.25, -0.2) is 4.39 Å². The highest BCUT2D eigenvalue weighted by Crippen LogP contribution is 2.34. The summed E-state index contributed by atoms with van der Waals surface area (Å²) in [5, 5.41) is 9.50. The molecule has 148 valence electrons. The maximum Gasteiger partial charge on any atom is 0.307 e. The van der Waals surface area contributed by atoms with Crippen LogP contribution < -0.4 is 0 Å². The molecule has 0 bridgehead atoms. The number of piperidine rings is 1. The molecule has 1 aliphatic rings. The SMILES string of the molecule is O=C(O)C1CCCN(C(c2ccc(-c3ccccc3)cc2)c2cccc(F)c2)C1.